The van der Waals surface area contributed by atoms with E-state index >= 15 is 0 Å². The van der Waals surface area contributed by atoms with E-state index in [2.05, 4.69) is 15.5 Å². The van der Waals surface area contributed by atoms with Crippen LogP contribution < -0.4 is 5.32 Å². The first kappa shape index (κ1) is 19.2. The van der Waals surface area contributed by atoms with Crippen LogP contribution in [0.3, 0.4) is 0 Å². The van der Waals surface area contributed by atoms with Gasteiger partial charge in [0.1, 0.15) is 5.02 Å². The second-order valence-corrected chi connectivity index (χ2v) is 6.85. The molecule has 8 nitrogen and oxygen atoms in total. The topological polar surface area (TPSA) is 111 Å². The van der Waals surface area contributed by atoms with Crippen molar-refractivity contribution in [1.29, 1.82) is 0 Å². The fourth-order valence-corrected chi connectivity index (χ4v) is 3.03. The third-order valence-electron chi connectivity index (χ3n) is 3.26. The Morgan fingerprint density at radius 3 is 2.70 bits per heavy atom. The monoisotopic (exact) mass is 424 g/mol. The molecule has 0 aliphatic rings. The van der Waals surface area contributed by atoms with Gasteiger partial charge in [0.2, 0.25) is 11.8 Å². The Morgan fingerprint density at radius 1 is 1.19 bits per heavy atom. The number of halogens is 2. The van der Waals surface area contributed by atoms with Crippen LogP contribution in [0.4, 0.5) is 11.4 Å². The van der Waals surface area contributed by atoms with E-state index in [0.717, 1.165) is 11.8 Å². The molecule has 0 radical (unpaired) electrons. The van der Waals surface area contributed by atoms with Gasteiger partial charge in [-0.15, -0.1) is 10.2 Å². The summed E-state index contributed by atoms with van der Waals surface area (Å²) in [6.07, 6.45) is 0. The van der Waals surface area contributed by atoms with Crippen LogP contribution in [-0.4, -0.2) is 26.8 Å². The second-order valence-electron chi connectivity index (χ2n) is 5.11. The highest BCUT2D eigenvalue weighted by Gasteiger charge is 2.16. The van der Waals surface area contributed by atoms with Crippen molar-refractivity contribution in [1.82, 2.24) is 10.2 Å². The van der Waals surface area contributed by atoms with Crippen molar-refractivity contribution >= 4 is 52.2 Å². The van der Waals surface area contributed by atoms with E-state index < -0.39 is 10.8 Å². The van der Waals surface area contributed by atoms with Crippen LogP contribution in [-0.2, 0) is 4.79 Å². The van der Waals surface area contributed by atoms with E-state index in [4.69, 9.17) is 27.6 Å². The predicted molar refractivity (Wildman–Crippen MR) is 102 cm³/mol. The number of carbonyl (C=O) groups is 1. The number of thioether (sulfide) groups is 1. The van der Waals surface area contributed by atoms with Crippen molar-refractivity contribution < 1.29 is 14.1 Å². The molecule has 0 bridgehead atoms. The highest BCUT2D eigenvalue weighted by atomic mass is 35.5. The number of nitro benzene ring substituents is 1. The van der Waals surface area contributed by atoms with Gasteiger partial charge >= 0.3 is 0 Å². The van der Waals surface area contributed by atoms with Gasteiger partial charge in [-0.2, -0.15) is 0 Å². The van der Waals surface area contributed by atoms with Crippen molar-refractivity contribution in [2.75, 3.05) is 11.1 Å². The fraction of sp³-hybridized carbons (Fsp3) is 0.0625. The van der Waals surface area contributed by atoms with Gasteiger partial charge in [-0.1, -0.05) is 47.1 Å². The highest BCUT2D eigenvalue weighted by molar-refractivity contribution is 7.99. The Balaban J connectivity index is 1.61. The van der Waals surface area contributed by atoms with Gasteiger partial charge in [0, 0.05) is 11.8 Å². The zero-order valence-electron chi connectivity index (χ0n) is 13.4. The molecule has 27 heavy (non-hydrogen) atoms. The Kier molecular flexibility index (Phi) is 5.94. The molecule has 1 aromatic heterocycles. The Hall–Kier alpha value is -2.62. The summed E-state index contributed by atoms with van der Waals surface area (Å²) in [6, 6.07) is 11.0. The predicted octanol–water partition coefficient (Wildman–Crippen LogP) is 4.68. The lowest BCUT2D eigenvalue weighted by Gasteiger charge is -2.04. The fourth-order valence-electron chi connectivity index (χ4n) is 2.07. The molecule has 2 aromatic carbocycles. The minimum Gasteiger partial charge on any atom is -0.411 e. The number of carbonyl (C=O) groups excluding carboxylic acids is 1. The largest absolute Gasteiger partial charge is 0.411 e. The standard InChI is InChI=1S/C16H10Cl2N4O4S/c17-11-4-2-1-3-10(11)15-20-21-16(26-15)27-8-14(23)19-9-5-6-12(18)13(7-9)22(24)25/h1-7H,8H2,(H,19,23). The van der Waals surface area contributed by atoms with Gasteiger partial charge in [-0.05, 0) is 24.3 Å². The van der Waals surface area contributed by atoms with Crippen molar-refractivity contribution in [3.8, 4) is 11.5 Å². The molecule has 0 unspecified atom stereocenters. The maximum absolute atomic E-state index is 12.0. The number of benzene rings is 2. The number of hydrogen-bond acceptors (Lipinski definition) is 7. The van der Waals surface area contributed by atoms with E-state index in [0.29, 0.717) is 10.6 Å². The molecule has 11 heteroatoms. The maximum Gasteiger partial charge on any atom is 0.289 e. The van der Waals surface area contributed by atoms with E-state index in [-0.39, 0.29) is 33.3 Å². The molecule has 0 saturated carbocycles. The molecule has 3 aromatic rings. The summed E-state index contributed by atoms with van der Waals surface area (Å²) in [4.78, 5) is 22.3. The lowest BCUT2D eigenvalue weighted by Crippen LogP contribution is -2.14. The molecule has 1 N–H and O–H groups in total. The molecule has 3 rings (SSSR count). The Bertz CT molecular complexity index is 1010. The SMILES string of the molecule is O=C(CSc1nnc(-c2ccccc2Cl)o1)Nc1ccc(Cl)c([N+](=O)[O-])c1. The summed E-state index contributed by atoms with van der Waals surface area (Å²) in [5.74, 6) is -0.174. The summed E-state index contributed by atoms with van der Waals surface area (Å²) >= 11 is 12.8. The summed E-state index contributed by atoms with van der Waals surface area (Å²) < 4.78 is 5.49. The quantitative estimate of drug-likeness (QED) is 0.347. The smallest absolute Gasteiger partial charge is 0.289 e. The minimum absolute atomic E-state index is 0.00895. The zero-order chi connectivity index (χ0) is 19.4. The molecular weight excluding hydrogens is 415 g/mol. The van der Waals surface area contributed by atoms with E-state index in [1.54, 1.807) is 24.3 Å². The Morgan fingerprint density at radius 2 is 1.96 bits per heavy atom. The van der Waals surface area contributed by atoms with Gasteiger partial charge in [-0.25, -0.2) is 0 Å². The molecule has 0 atom stereocenters. The molecule has 0 spiro atoms. The van der Waals surface area contributed by atoms with Crippen LogP contribution in [0.1, 0.15) is 0 Å². The summed E-state index contributed by atoms with van der Waals surface area (Å²) in [5, 5.41) is 21.9. The van der Waals surface area contributed by atoms with E-state index in [1.165, 1.54) is 18.2 Å². The third-order valence-corrected chi connectivity index (χ3v) is 4.73. The normalized spacial score (nSPS) is 10.6. The van der Waals surface area contributed by atoms with Gasteiger partial charge in [0.15, 0.2) is 0 Å². The maximum atomic E-state index is 12.0. The van der Waals surface area contributed by atoms with Crippen LogP contribution in [0.2, 0.25) is 10.0 Å². The third kappa shape index (κ3) is 4.76. The van der Waals surface area contributed by atoms with Crippen LogP contribution in [0.25, 0.3) is 11.5 Å². The van der Waals surface area contributed by atoms with Crippen molar-refractivity contribution in [3.63, 3.8) is 0 Å². The number of nitro groups is 1. The number of anilines is 1. The zero-order valence-corrected chi connectivity index (χ0v) is 15.7. The van der Waals surface area contributed by atoms with Crippen molar-refractivity contribution in [2.45, 2.75) is 5.22 Å². The van der Waals surface area contributed by atoms with Crippen LogP contribution in [0.5, 0.6) is 0 Å². The number of nitrogens with one attached hydrogen (secondary N) is 1. The van der Waals surface area contributed by atoms with Gasteiger partial charge in [-0.3, -0.25) is 14.9 Å². The molecular formula is C16H10Cl2N4O4S. The van der Waals surface area contributed by atoms with Gasteiger partial charge in [0.25, 0.3) is 10.9 Å². The minimum atomic E-state index is -0.624. The van der Waals surface area contributed by atoms with Crippen LogP contribution in [0, 0.1) is 10.1 Å². The molecule has 138 valence electrons. The molecule has 1 amide bonds. The van der Waals surface area contributed by atoms with Crippen LogP contribution in [0.15, 0.2) is 52.1 Å². The average Bonchev–Trinajstić information content (AvgIpc) is 3.10. The number of amides is 1. The van der Waals surface area contributed by atoms with Crippen molar-refractivity contribution in [2.24, 2.45) is 0 Å². The summed E-state index contributed by atoms with van der Waals surface area (Å²) in [5.41, 5.74) is 0.568. The first-order valence-electron chi connectivity index (χ1n) is 7.39. The van der Waals surface area contributed by atoms with Crippen molar-refractivity contribution in [3.05, 3.63) is 62.6 Å². The van der Waals surface area contributed by atoms with Gasteiger partial charge in [0.05, 0.1) is 21.3 Å². The first-order valence-corrected chi connectivity index (χ1v) is 9.13. The van der Waals surface area contributed by atoms with E-state index in [1.807, 2.05) is 0 Å². The number of rotatable bonds is 6. The molecule has 1 heterocycles. The number of hydrogen-bond donors (Lipinski definition) is 1. The number of aromatic nitrogens is 2. The molecule has 0 aliphatic heterocycles. The average molecular weight is 425 g/mol. The first-order chi connectivity index (χ1) is 12.9. The van der Waals surface area contributed by atoms with Gasteiger partial charge < -0.3 is 9.73 Å². The molecule has 0 fully saturated rings. The van der Waals surface area contributed by atoms with Crippen LogP contribution >= 0.6 is 35.0 Å². The lowest BCUT2D eigenvalue weighted by molar-refractivity contribution is -0.384. The Labute approximate surface area is 167 Å². The number of nitrogens with zero attached hydrogens (tertiary/aromatic N) is 3. The molecule has 0 saturated heterocycles. The lowest BCUT2D eigenvalue weighted by atomic mass is 10.2. The van der Waals surface area contributed by atoms with E-state index in [9.17, 15) is 14.9 Å². The second kappa shape index (κ2) is 8.38. The summed E-state index contributed by atoms with van der Waals surface area (Å²) in [6.45, 7) is 0. The molecule has 0 aliphatic carbocycles. The highest BCUT2D eigenvalue weighted by Crippen LogP contribution is 2.29. The summed E-state index contributed by atoms with van der Waals surface area (Å²) in [7, 11) is 0.